The van der Waals surface area contributed by atoms with Gasteiger partial charge in [-0.25, -0.2) is 9.48 Å². The Bertz CT molecular complexity index is 336. The van der Waals surface area contributed by atoms with Gasteiger partial charge >= 0.3 is 12.5 Å². The minimum Gasteiger partial charge on any atom is -0.461 e. The number of nitrogens with zero attached hydrogens (tertiary/aromatic N) is 2. The molecule has 0 saturated carbocycles. The van der Waals surface area contributed by atoms with E-state index < -0.39 is 12.5 Å². The predicted octanol–water partition coefficient (Wildman–Crippen LogP) is 1.76. The quantitative estimate of drug-likeness (QED) is 0.704. The van der Waals surface area contributed by atoms with Crippen LogP contribution in [0.15, 0.2) is 6.20 Å². The van der Waals surface area contributed by atoms with Crippen LogP contribution in [0, 0.1) is 6.92 Å². The maximum atomic E-state index is 12.2. The Morgan fingerprint density at radius 2 is 2.36 bits per heavy atom. The molecule has 0 aliphatic heterocycles. The zero-order chi connectivity index (χ0) is 10.7. The largest absolute Gasteiger partial charge is 0.461 e. The van der Waals surface area contributed by atoms with Crippen molar-refractivity contribution in [3.8, 4) is 0 Å². The van der Waals surface area contributed by atoms with E-state index in [1.807, 2.05) is 0 Å². The van der Waals surface area contributed by atoms with Gasteiger partial charge in [-0.3, -0.25) is 0 Å². The van der Waals surface area contributed by atoms with Gasteiger partial charge in [-0.15, -0.1) is 0 Å². The third kappa shape index (κ3) is 2.07. The van der Waals surface area contributed by atoms with Crippen LogP contribution >= 0.6 is 0 Å². The highest BCUT2D eigenvalue weighted by Gasteiger charge is 2.17. The number of carbonyl (C=O) groups excluding carboxylic acids is 1. The van der Waals surface area contributed by atoms with Gasteiger partial charge in [0.05, 0.1) is 6.61 Å². The number of esters is 1. The topological polar surface area (TPSA) is 44.1 Å². The Morgan fingerprint density at radius 3 is 2.79 bits per heavy atom. The van der Waals surface area contributed by atoms with E-state index in [1.165, 1.54) is 6.92 Å². The van der Waals surface area contributed by atoms with Gasteiger partial charge in [0.1, 0.15) is 0 Å². The monoisotopic (exact) mass is 204 g/mol. The maximum absolute atomic E-state index is 12.2. The lowest BCUT2D eigenvalue weighted by Gasteiger charge is -1.98. The number of rotatable bonds is 3. The molecule has 14 heavy (non-hydrogen) atoms. The smallest absolute Gasteiger partial charge is 0.359 e. The molecule has 0 radical (unpaired) electrons. The summed E-state index contributed by atoms with van der Waals surface area (Å²) in [7, 11) is 0. The van der Waals surface area contributed by atoms with Gasteiger partial charge in [-0.1, -0.05) is 0 Å². The Balaban J connectivity index is 2.92. The molecule has 0 atom stereocenters. The molecule has 0 aliphatic carbocycles. The molecule has 0 spiro atoms. The summed E-state index contributed by atoms with van der Waals surface area (Å²) in [5.74, 6) is -0.676. The summed E-state index contributed by atoms with van der Waals surface area (Å²) in [5, 5.41) is 3.42. The van der Waals surface area contributed by atoms with Crippen LogP contribution in [0.3, 0.4) is 0 Å². The van der Waals surface area contributed by atoms with Crippen molar-refractivity contribution in [3.05, 3.63) is 17.5 Å². The van der Waals surface area contributed by atoms with Gasteiger partial charge in [0.15, 0.2) is 5.69 Å². The van der Waals surface area contributed by atoms with Crippen LogP contribution in [0.1, 0.15) is 29.5 Å². The molecule has 0 unspecified atom stereocenters. The number of halogens is 2. The fourth-order valence-corrected chi connectivity index (χ4v) is 0.984. The highest BCUT2D eigenvalue weighted by atomic mass is 19.3. The molecule has 1 aromatic rings. The first-order valence-corrected chi connectivity index (χ1v) is 4.07. The molecule has 4 nitrogen and oxygen atoms in total. The molecule has 1 heterocycles. The van der Waals surface area contributed by atoms with Crippen LogP contribution in [-0.4, -0.2) is 22.4 Å². The Morgan fingerprint density at radius 1 is 1.71 bits per heavy atom. The first kappa shape index (κ1) is 10.6. The second kappa shape index (κ2) is 4.17. The molecule has 0 N–H and O–H groups in total. The number of alkyl halides is 2. The van der Waals surface area contributed by atoms with Crippen molar-refractivity contribution in [2.75, 3.05) is 6.61 Å². The lowest BCUT2D eigenvalue weighted by atomic mass is 10.3. The first-order chi connectivity index (χ1) is 6.56. The van der Waals surface area contributed by atoms with Crippen LogP contribution in [0.4, 0.5) is 8.78 Å². The molecule has 0 aliphatic rings. The highest BCUT2D eigenvalue weighted by Crippen LogP contribution is 2.13. The first-order valence-electron chi connectivity index (χ1n) is 4.07. The highest BCUT2D eigenvalue weighted by molar-refractivity contribution is 5.88. The van der Waals surface area contributed by atoms with E-state index >= 15 is 0 Å². The molecule has 0 amide bonds. The standard InChI is InChI=1S/C8H10F2N2O2/c1-3-14-7(13)6-5(2)4-12(11-6)8(9)10/h4,8H,3H2,1-2H3. The van der Waals surface area contributed by atoms with E-state index in [0.29, 0.717) is 10.2 Å². The minimum atomic E-state index is -2.74. The number of hydrogen-bond acceptors (Lipinski definition) is 3. The second-order valence-corrected chi connectivity index (χ2v) is 2.64. The van der Waals surface area contributed by atoms with Crippen molar-refractivity contribution < 1.29 is 18.3 Å². The zero-order valence-corrected chi connectivity index (χ0v) is 7.83. The van der Waals surface area contributed by atoms with Crippen LogP contribution in [-0.2, 0) is 4.74 Å². The van der Waals surface area contributed by atoms with Gasteiger partial charge in [-0.05, 0) is 13.8 Å². The van der Waals surface area contributed by atoms with Gasteiger partial charge in [0.2, 0.25) is 0 Å². The molecular formula is C8H10F2N2O2. The lowest BCUT2D eigenvalue weighted by molar-refractivity contribution is 0.0480. The number of aromatic nitrogens is 2. The molecule has 0 saturated heterocycles. The van der Waals surface area contributed by atoms with E-state index in [4.69, 9.17) is 0 Å². The van der Waals surface area contributed by atoms with Crippen molar-refractivity contribution in [2.24, 2.45) is 0 Å². The molecule has 1 aromatic heterocycles. The minimum absolute atomic E-state index is 0.0628. The summed E-state index contributed by atoms with van der Waals surface area (Å²) in [5.41, 5.74) is 0.316. The van der Waals surface area contributed by atoms with E-state index in [9.17, 15) is 13.6 Å². The van der Waals surface area contributed by atoms with Gasteiger partial charge in [0.25, 0.3) is 0 Å². The average molecular weight is 204 g/mol. The van der Waals surface area contributed by atoms with Crippen molar-refractivity contribution in [1.29, 1.82) is 0 Å². The third-order valence-electron chi connectivity index (χ3n) is 1.58. The van der Waals surface area contributed by atoms with Crippen molar-refractivity contribution >= 4 is 5.97 Å². The second-order valence-electron chi connectivity index (χ2n) is 2.64. The maximum Gasteiger partial charge on any atom is 0.359 e. The number of ether oxygens (including phenoxy) is 1. The van der Waals surface area contributed by atoms with E-state index in [1.54, 1.807) is 6.92 Å². The molecule has 6 heteroatoms. The molecular weight excluding hydrogens is 194 g/mol. The Labute approximate surface area is 79.5 Å². The number of hydrogen-bond donors (Lipinski definition) is 0. The van der Waals surface area contributed by atoms with Crippen LogP contribution in [0.25, 0.3) is 0 Å². The molecule has 0 fully saturated rings. The third-order valence-corrected chi connectivity index (χ3v) is 1.58. The van der Waals surface area contributed by atoms with Crippen LogP contribution in [0.5, 0.6) is 0 Å². The van der Waals surface area contributed by atoms with Gasteiger partial charge < -0.3 is 4.74 Å². The summed E-state index contributed by atoms with van der Waals surface area (Å²) in [6.07, 6.45) is 1.11. The normalized spacial score (nSPS) is 10.6. The van der Waals surface area contributed by atoms with Crippen molar-refractivity contribution in [1.82, 2.24) is 9.78 Å². The number of aryl methyl sites for hydroxylation is 1. The summed E-state index contributed by atoms with van der Waals surface area (Å²) < 4.78 is 29.4. The Hall–Kier alpha value is -1.46. The van der Waals surface area contributed by atoms with E-state index in [2.05, 4.69) is 9.84 Å². The summed E-state index contributed by atoms with van der Waals surface area (Å²) >= 11 is 0. The summed E-state index contributed by atoms with van der Waals surface area (Å²) in [6, 6.07) is 0. The Kier molecular flexibility index (Phi) is 3.16. The van der Waals surface area contributed by atoms with Crippen molar-refractivity contribution in [2.45, 2.75) is 20.4 Å². The molecule has 0 aromatic carbocycles. The van der Waals surface area contributed by atoms with Gasteiger partial charge in [-0.2, -0.15) is 13.9 Å². The number of carbonyl (C=O) groups is 1. The molecule has 78 valence electrons. The van der Waals surface area contributed by atoms with E-state index in [-0.39, 0.29) is 12.3 Å². The fraction of sp³-hybridized carbons (Fsp3) is 0.500. The van der Waals surface area contributed by atoms with Crippen molar-refractivity contribution in [3.63, 3.8) is 0 Å². The SMILES string of the molecule is CCOC(=O)c1nn(C(F)F)cc1C. The lowest BCUT2D eigenvalue weighted by Crippen LogP contribution is -2.08. The summed E-state index contributed by atoms with van der Waals surface area (Å²) in [6.45, 7) is 0.617. The molecule has 1 rings (SSSR count). The summed E-state index contributed by atoms with van der Waals surface area (Å²) in [4.78, 5) is 11.2. The predicted molar refractivity (Wildman–Crippen MR) is 44.2 cm³/mol. The van der Waals surface area contributed by atoms with Crippen LogP contribution < -0.4 is 0 Å². The van der Waals surface area contributed by atoms with E-state index in [0.717, 1.165) is 6.20 Å². The molecule has 0 bridgehead atoms. The van der Waals surface area contributed by atoms with Crippen LogP contribution in [0.2, 0.25) is 0 Å². The van der Waals surface area contributed by atoms with Gasteiger partial charge in [0, 0.05) is 11.8 Å². The average Bonchev–Trinajstić information content (AvgIpc) is 2.48. The fourth-order valence-electron chi connectivity index (χ4n) is 0.984. The zero-order valence-electron chi connectivity index (χ0n) is 7.83.